The van der Waals surface area contributed by atoms with Crippen LogP contribution in [-0.4, -0.2) is 66.2 Å². The van der Waals surface area contributed by atoms with Crippen molar-refractivity contribution in [1.82, 2.24) is 30.3 Å². The fourth-order valence-electron chi connectivity index (χ4n) is 3.31. The number of carbonyl (C=O) groups excluding carboxylic acids is 1. The number of aryl methyl sites for hydroxylation is 1. The van der Waals surface area contributed by atoms with Crippen molar-refractivity contribution in [3.8, 4) is 5.69 Å². The van der Waals surface area contributed by atoms with Gasteiger partial charge in [0.05, 0.1) is 35.5 Å². The molecule has 0 radical (unpaired) electrons. The molecule has 0 saturated heterocycles. The molecule has 2 atom stereocenters. The smallest absolute Gasteiger partial charge is 0.404 e. The van der Waals surface area contributed by atoms with Crippen molar-refractivity contribution in [2.45, 2.75) is 32.4 Å². The zero-order chi connectivity index (χ0) is 25.5. The van der Waals surface area contributed by atoms with Gasteiger partial charge in [0.1, 0.15) is 11.5 Å². The SMILES string of the molecule is CSCC[C@@H](Nc1nc(Nc2cnc(C)c(-n3nccn3)c2)c(C(N)=O)cc1F)[C@H](C)NC(=O)O. The lowest BCUT2D eigenvalue weighted by atomic mass is 10.1. The van der Waals surface area contributed by atoms with Crippen molar-refractivity contribution < 1.29 is 19.1 Å². The summed E-state index contributed by atoms with van der Waals surface area (Å²) in [5, 5.41) is 25.6. The van der Waals surface area contributed by atoms with E-state index in [4.69, 9.17) is 10.8 Å². The van der Waals surface area contributed by atoms with Gasteiger partial charge in [-0.1, -0.05) is 0 Å². The number of hydrogen-bond donors (Lipinski definition) is 5. The van der Waals surface area contributed by atoms with Gasteiger partial charge in [-0.05, 0) is 44.4 Å². The molecule has 3 aromatic heterocycles. The molecular weight excluding hydrogens is 477 g/mol. The van der Waals surface area contributed by atoms with Crippen LogP contribution in [-0.2, 0) is 0 Å². The highest BCUT2D eigenvalue weighted by molar-refractivity contribution is 7.98. The molecule has 0 aliphatic carbocycles. The molecule has 0 saturated carbocycles. The van der Waals surface area contributed by atoms with Crippen LogP contribution in [0.1, 0.15) is 29.4 Å². The van der Waals surface area contributed by atoms with Crippen molar-refractivity contribution in [2.24, 2.45) is 5.73 Å². The highest BCUT2D eigenvalue weighted by Crippen LogP contribution is 2.26. The molecular formula is C21H26FN9O3S. The molecule has 12 nitrogen and oxygen atoms in total. The minimum Gasteiger partial charge on any atom is -0.465 e. The molecule has 2 amide bonds. The largest absolute Gasteiger partial charge is 0.465 e. The number of carboxylic acid groups (broad SMARTS) is 1. The third-order valence-electron chi connectivity index (χ3n) is 5.11. The number of amides is 2. The molecule has 6 N–H and O–H groups in total. The molecule has 0 aromatic carbocycles. The molecule has 0 aliphatic heterocycles. The van der Waals surface area contributed by atoms with Gasteiger partial charge in [-0.2, -0.15) is 22.0 Å². The van der Waals surface area contributed by atoms with Gasteiger partial charge in [0.25, 0.3) is 5.91 Å². The van der Waals surface area contributed by atoms with E-state index < -0.39 is 29.9 Å². The molecule has 3 rings (SSSR count). The van der Waals surface area contributed by atoms with Crippen molar-refractivity contribution in [2.75, 3.05) is 22.6 Å². The number of nitrogens with zero attached hydrogens (tertiary/aromatic N) is 5. The third kappa shape index (κ3) is 6.56. The van der Waals surface area contributed by atoms with E-state index in [1.807, 2.05) is 6.26 Å². The first-order valence-electron chi connectivity index (χ1n) is 10.5. The van der Waals surface area contributed by atoms with Crippen LogP contribution >= 0.6 is 11.8 Å². The Balaban J connectivity index is 1.95. The van der Waals surface area contributed by atoms with Crippen molar-refractivity contribution in [3.05, 3.63) is 47.8 Å². The standard InChI is InChI=1S/C21H26FN9O3S/c1-11(27-21(33)34)16(4-7-35-3)29-20-15(22)9-14(18(23)32)19(30-20)28-13-8-17(12(2)24-10-13)31-25-5-6-26-31/h5-6,8-11,16,27H,4,7H2,1-3H3,(H2,23,32)(H,33,34)(H2,28,29,30)/t11-,16+/m0/s1. The second-order valence-electron chi connectivity index (χ2n) is 7.62. The van der Waals surface area contributed by atoms with Crippen LogP contribution in [0.25, 0.3) is 5.69 Å². The Morgan fingerprint density at radius 3 is 2.60 bits per heavy atom. The Hall–Kier alpha value is -3.94. The van der Waals surface area contributed by atoms with E-state index in [1.54, 1.807) is 31.7 Å². The summed E-state index contributed by atoms with van der Waals surface area (Å²) in [6.07, 6.45) is 5.83. The monoisotopic (exact) mass is 503 g/mol. The topological polar surface area (TPSA) is 173 Å². The number of anilines is 3. The number of rotatable bonds is 11. The number of hydrogen-bond acceptors (Lipinski definition) is 9. The van der Waals surface area contributed by atoms with Gasteiger partial charge in [-0.25, -0.2) is 14.2 Å². The molecule has 186 valence electrons. The number of nitrogens with two attached hydrogens (primary N) is 1. The number of carbonyl (C=O) groups is 2. The van der Waals surface area contributed by atoms with Gasteiger partial charge in [0.2, 0.25) is 0 Å². The lowest BCUT2D eigenvalue weighted by Crippen LogP contribution is -2.45. The first-order valence-corrected chi connectivity index (χ1v) is 11.9. The summed E-state index contributed by atoms with van der Waals surface area (Å²) in [6.45, 7) is 3.46. The van der Waals surface area contributed by atoms with Gasteiger partial charge in [-0.15, -0.1) is 4.80 Å². The van der Waals surface area contributed by atoms with Gasteiger partial charge in [0, 0.05) is 12.1 Å². The summed E-state index contributed by atoms with van der Waals surface area (Å²) in [6, 6.07) is 1.68. The Kier molecular flexibility index (Phi) is 8.41. The van der Waals surface area contributed by atoms with Crippen LogP contribution in [0.15, 0.2) is 30.7 Å². The normalized spacial score (nSPS) is 12.6. The number of halogens is 1. The van der Waals surface area contributed by atoms with Crippen LogP contribution in [0.5, 0.6) is 0 Å². The molecule has 0 unspecified atom stereocenters. The lowest BCUT2D eigenvalue weighted by Gasteiger charge is -2.26. The van der Waals surface area contributed by atoms with Crippen LogP contribution in [0.4, 0.5) is 26.5 Å². The van der Waals surface area contributed by atoms with Crippen LogP contribution in [0.2, 0.25) is 0 Å². The van der Waals surface area contributed by atoms with E-state index in [9.17, 15) is 14.0 Å². The maximum absolute atomic E-state index is 14.9. The quantitative estimate of drug-likeness (QED) is 0.262. The van der Waals surface area contributed by atoms with E-state index in [-0.39, 0.29) is 17.2 Å². The molecule has 35 heavy (non-hydrogen) atoms. The van der Waals surface area contributed by atoms with Crippen molar-refractivity contribution in [1.29, 1.82) is 0 Å². The van der Waals surface area contributed by atoms with Gasteiger partial charge in [0.15, 0.2) is 11.6 Å². The fourth-order valence-corrected chi connectivity index (χ4v) is 3.79. The summed E-state index contributed by atoms with van der Waals surface area (Å²) in [7, 11) is 0. The molecule has 14 heteroatoms. The predicted molar refractivity (Wildman–Crippen MR) is 131 cm³/mol. The fraction of sp³-hybridized carbons (Fsp3) is 0.333. The highest BCUT2D eigenvalue weighted by Gasteiger charge is 2.23. The summed E-state index contributed by atoms with van der Waals surface area (Å²) in [5.41, 5.74) is 6.99. The first-order chi connectivity index (χ1) is 16.7. The van der Waals surface area contributed by atoms with E-state index >= 15 is 0 Å². The second kappa shape index (κ2) is 11.5. The summed E-state index contributed by atoms with van der Waals surface area (Å²) < 4.78 is 14.9. The number of thioether (sulfide) groups is 1. The molecule has 3 heterocycles. The Labute approximate surface area is 204 Å². The maximum Gasteiger partial charge on any atom is 0.404 e. The van der Waals surface area contributed by atoms with Crippen LogP contribution < -0.4 is 21.7 Å². The van der Waals surface area contributed by atoms with Gasteiger partial charge in [-0.3, -0.25) is 9.78 Å². The minimum absolute atomic E-state index is 0.00823. The average Bonchev–Trinajstić information content (AvgIpc) is 3.33. The van der Waals surface area contributed by atoms with Gasteiger partial charge < -0.3 is 26.8 Å². The number of pyridine rings is 2. The lowest BCUT2D eigenvalue weighted by molar-refractivity contribution is 0.1000. The summed E-state index contributed by atoms with van der Waals surface area (Å²) in [4.78, 5) is 33.1. The first kappa shape index (κ1) is 25.7. The predicted octanol–water partition coefficient (Wildman–Crippen LogP) is 2.54. The van der Waals surface area contributed by atoms with E-state index in [0.29, 0.717) is 29.2 Å². The van der Waals surface area contributed by atoms with E-state index in [1.165, 1.54) is 23.4 Å². The molecule has 0 fully saturated rings. The van der Waals surface area contributed by atoms with Gasteiger partial charge >= 0.3 is 6.09 Å². The second-order valence-corrected chi connectivity index (χ2v) is 8.61. The zero-order valence-corrected chi connectivity index (χ0v) is 20.1. The Morgan fingerprint density at radius 2 is 1.97 bits per heavy atom. The molecule has 0 bridgehead atoms. The molecule has 3 aromatic rings. The molecule has 0 aliphatic rings. The number of primary amides is 1. The third-order valence-corrected chi connectivity index (χ3v) is 5.75. The summed E-state index contributed by atoms with van der Waals surface area (Å²) in [5.74, 6) is -1.12. The zero-order valence-electron chi connectivity index (χ0n) is 19.3. The average molecular weight is 504 g/mol. The maximum atomic E-state index is 14.9. The number of nitrogens with one attached hydrogen (secondary N) is 3. The van der Waals surface area contributed by atoms with Crippen LogP contribution in [0.3, 0.4) is 0 Å². The number of aromatic nitrogens is 5. The highest BCUT2D eigenvalue weighted by atomic mass is 32.2. The van der Waals surface area contributed by atoms with E-state index in [0.717, 1.165) is 6.07 Å². The molecule has 0 spiro atoms. The van der Waals surface area contributed by atoms with Crippen LogP contribution in [0, 0.1) is 12.7 Å². The van der Waals surface area contributed by atoms with Crippen molar-refractivity contribution >= 4 is 41.1 Å². The Bertz CT molecular complexity index is 1190. The van der Waals surface area contributed by atoms with Crippen molar-refractivity contribution in [3.63, 3.8) is 0 Å². The summed E-state index contributed by atoms with van der Waals surface area (Å²) >= 11 is 1.57. The Morgan fingerprint density at radius 1 is 1.26 bits per heavy atom. The minimum atomic E-state index is -1.19. The van der Waals surface area contributed by atoms with E-state index in [2.05, 4.69) is 36.1 Å².